The summed E-state index contributed by atoms with van der Waals surface area (Å²) >= 11 is 0. The summed E-state index contributed by atoms with van der Waals surface area (Å²) in [6.07, 6.45) is 3.09. The van der Waals surface area contributed by atoms with E-state index in [1.165, 1.54) is 0 Å². The lowest BCUT2D eigenvalue weighted by Gasteiger charge is -2.12. The third-order valence-corrected chi connectivity index (χ3v) is 4.04. The molecule has 0 atom stereocenters. The smallest absolute Gasteiger partial charge is 0.311 e. The summed E-state index contributed by atoms with van der Waals surface area (Å²) < 4.78 is 1.82. The molecule has 2 aromatic rings. The average Bonchev–Trinajstić information content (AvgIpc) is 3.15. The maximum atomic E-state index is 12.0. The van der Waals surface area contributed by atoms with Gasteiger partial charge in [0.1, 0.15) is 6.54 Å². The predicted octanol–water partition coefficient (Wildman–Crippen LogP) is 1.20. The van der Waals surface area contributed by atoms with Crippen LogP contribution in [-0.2, 0) is 16.1 Å². The Hall–Kier alpha value is -2.50. The molecule has 1 saturated carbocycles. The van der Waals surface area contributed by atoms with E-state index in [1.54, 1.807) is 6.07 Å². The van der Waals surface area contributed by atoms with E-state index in [9.17, 15) is 9.59 Å². The molecule has 0 aliphatic heterocycles. The van der Waals surface area contributed by atoms with Gasteiger partial charge in [0.25, 0.3) is 0 Å². The van der Waals surface area contributed by atoms with Crippen molar-refractivity contribution >= 4 is 28.5 Å². The van der Waals surface area contributed by atoms with Gasteiger partial charge in [-0.05, 0) is 37.1 Å². The highest BCUT2D eigenvalue weighted by Crippen LogP contribution is 2.45. The molecule has 6 heteroatoms. The number of benzene rings is 1. The third kappa shape index (κ3) is 2.56. The fraction of sp³-hybridized carbons (Fsp3) is 0.333. The van der Waals surface area contributed by atoms with Gasteiger partial charge < -0.3 is 20.7 Å². The van der Waals surface area contributed by atoms with Crippen LogP contribution in [0.15, 0.2) is 30.5 Å². The molecule has 0 saturated heterocycles. The van der Waals surface area contributed by atoms with Gasteiger partial charge in [-0.25, -0.2) is 0 Å². The molecular formula is C15H17N3O3. The summed E-state index contributed by atoms with van der Waals surface area (Å²) in [6.45, 7) is 0.371. The number of aliphatic carboxylic acids is 1. The summed E-state index contributed by atoms with van der Waals surface area (Å²) in [5.74, 6) is -1.01. The number of hydrogen-bond acceptors (Lipinski definition) is 3. The van der Waals surface area contributed by atoms with Crippen molar-refractivity contribution in [2.75, 3.05) is 12.3 Å². The van der Waals surface area contributed by atoms with Gasteiger partial charge in [-0.2, -0.15) is 0 Å². The third-order valence-electron chi connectivity index (χ3n) is 4.04. The fourth-order valence-electron chi connectivity index (χ4n) is 2.45. The quantitative estimate of drug-likeness (QED) is 0.720. The average molecular weight is 287 g/mol. The number of amides is 1. The Morgan fingerprint density at radius 1 is 1.33 bits per heavy atom. The van der Waals surface area contributed by atoms with Crippen LogP contribution >= 0.6 is 0 Å². The molecule has 1 aromatic carbocycles. The molecule has 21 heavy (non-hydrogen) atoms. The fourth-order valence-corrected chi connectivity index (χ4v) is 2.45. The van der Waals surface area contributed by atoms with E-state index in [-0.39, 0.29) is 19.0 Å². The zero-order valence-electron chi connectivity index (χ0n) is 11.5. The number of nitrogens with zero attached hydrogens (tertiary/aromatic N) is 1. The van der Waals surface area contributed by atoms with Crippen molar-refractivity contribution < 1.29 is 14.7 Å². The molecule has 1 amide bonds. The number of anilines is 1. The second kappa shape index (κ2) is 4.80. The number of fused-ring (bicyclic) bond motifs is 1. The van der Waals surface area contributed by atoms with Crippen molar-refractivity contribution in [1.82, 2.24) is 9.88 Å². The number of carboxylic acids is 1. The minimum atomic E-state index is -0.829. The molecular weight excluding hydrogens is 270 g/mol. The van der Waals surface area contributed by atoms with Gasteiger partial charge in [0.15, 0.2) is 0 Å². The SMILES string of the molecule is Nc1ccc2c(ccn2CC(=O)NCC2(C(=O)O)CC2)c1. The number of hydrogen-bond donors (Lipinski definition) is 3. The van der Waals surface area contributed by atoms with Crippen molar-refractivity contribution in [3.8, 4) is 0 Å². The van der Waals surface area contributed by atoms with Crippen LogP contribution in [-0.4, -0.2) is 28.1 Å². The van der Waals surface area contributed by atoms with Crippen molar-refractivity contribution in [2.24, 2.45) is 5.41 Å². The molecule has 1 aliphatic carbocycles. The molecule has 4 N–H and O–H groups in total. The van der Waals surface area contributed by atoms with Gasteiger partial charge in [-0.1, -0.05) is 0 Å². The highest BCUT2D eigenvalue weighted by Gasteiger charge is 2.50. The first-order valence-electron chi connectivity index (χ1n) is 6.85. The molecule has 1 aliphatic rings. The Labute approximate surface area is 121 Å². The molecule has 0 spiro atoms. The van der Waals surface area contributed by atoms with Crippen LogP contribution in [0.5, 0.6) is 0 Å². The van der Waals surface area contributed by atoms with E-state index in [0.29, 0.717) is 18.5 Å². The largest absolute Gasteiger partial charge is 0.481 e. The Morgan fingerprint density at radius 2 is 2.10 bits per heavy atom. The Bertz CT molecular complexity index is 716. The lowest BCUT2D eigenvalue weighted by Crippen LogP contribution is -2.35. The van der Waals surface area contributed by atoms with Gasteiger partial charge in [0.05, 0.1) is 5.41 Å². The highest BCUT2D eigenvalue weighted by atomic mass is 16.4. The Balaban J connectivity index is 1.65. The first kappa shape index (κ1) is 13.5. The molecule has 6 nitrogen and oxygen atoms in total. The topological polar surface area (TPSA) is 97.4 Å². The highest BCUT2D eigenvalue weighted by molar-refractivity contribution is 5.86. The number of carbonyl (C=O) groups excluding carboxylic acids is 1. The number of rotatable bonds is 5. The zero-order valence-corrected chi connectivity index (χ0v) is 11.5. The first-order chi connectivity index (χ1) is 10.00. The van der Waals surface area contributed by atoms with Crippen LogP contribution in [0.2, 0.25) is 0 Å². The van der Waals surface area contributed by atoms with Crippen molar-refractivity contribution in [1.29, 1.82) is 0 Å². The molecule has 0 radical (unpaired) electrons. The van der Waals surface area contributed by atoms with E-state index >= 15 is 0 Å². The number of carboxylic acid groups (broad SMARTS) is 1. The Kier molecular flexibility index (Phi) is 3.08. The van der Waals surface area contributed by atoms with E-state index < -0.39 is 11.4 Å². The number of nitrogens with one attached hydrogen (secondary N) is 1. The monoisotopic (exact) mass is 287 g/mol. The summed E-state index contributed by atoms with van der Waals surface area (Å²) in [6, 6.07) is 7.42. The number of nitrogens with two attached hydrogens (primary N) is 1. The molecule has 0 unspecified atom stereocenters. The van der Waals surface area contributed by atoms with Crippen molar-refractivity contribution in [3.63, 3.8) is 0 Å². The van der Waals surface area contributed by atoms with Crippen LogP contribution in [0.1, 0.15) is 12.8 Å². The second-order valence-electron chi connectivity index (χ2n) is 5.62. The zero-order chi connectivity index (χ0) is 15.0. The van der Waals surface area contributed by atoms with Crippen LogP contribution in [0.4, 0.5) is 5.69 Å². The van der Waals surface area contributed by atoms with Gasteiger partial charge >= 0.3 is 5.97 Å². The maximum Gasteiger partial charge on any atom is 0.311 e. The van der Waals surface area contributed by atoms with Crippen LogP contribution in [0.3, 0.4) is 0 Å². The minimum Gasteiger partial charge on any atom is -0.481 e. The molecule has 1 aromatic heterocycles. The molecule has 1 heterocycles. The van der Waals surface area contributed by atoms with Crippen molar-refractivity contribution in [3.05, 3.63) is 30.5 Å². The number of aromatic nitrogens is 1. The lowest BCUT2D eigenvalue weighted by molar-refractivity contribution is -0.143. The minimum absolute atomic E-state index is 0.170. The molecule has 0 bridgehead atoms. The molecule has 3 rings (SSSR count). The van der Waals surface area contributed by atoms with Crippen LogP contribution < -0.4 is 11.1 Å². The van der Waals surface area contributed by atoms with E-state index in [1.807, 2.05) is 29.0 Å². The van der Waals surface area contributed by atoms with E-state index in [4.69, 9.17) is 10.8 Å². The summed E-state index contributed by atoms with van der Waals surface area (Å²) in [5, 5.41) is 12.8. The number of carbonyl (C=O) groups is 2. The van der Waals surface area contributed by atoms with Gasteiger partial charge in [-0.15, -0.1) is 0 Å². The van der Waals surface area contributed by atoms with Crippen LogP contribution in [0, 0.1) is 5.41 Å². The molecule has 110 valence electrons. The standard InChI is InChI=1S/C15H17N3O3/c16-11-1-2-12-10(7-11)3-6-18(12)8-13(19)17-9-15(4-5-15)14(20)21/h1-3,6-7H,4-5,8-9,16H2,(H,17,19)(H,20,21). The van der Waals surface area contributed by atoms with Gasteiger partial charge in [0, 0.05) is 29.3 Å². The van der Waals surface area contributed by atoms with Gasteiger partial charge in [-0.3, -0.25) is 9.59 Å². The summed E-state index contributed by atoms with van der Waals surface area (Å²) in [5.41, 5.74) is 6.60. The molecule has 1 fully saturated rings. The lowest BCUT2D eigenvalue weighted by atomic mass is 10.1. The first-order valence-corrected chi connectivity index (χ1v) is 6.85. The van der Waals surface area contributed by atoms with Gasteiger partial charge in [0.2, 0.25) is 5.91 Å². The van der Waals surface area contributed by atoms with Crippen molar-refractivity contribution in [2.45, 2.75) is 19.4 Å². The summed E-state index contributed by atoms with van der Waals surface area (Å²) in [7, 11) is 0. The Morgan fingerprint density at radius 3 is 2.76 bits per heavy atom. The van der Waals surface area contributed by atoms with E-state index in [2.05, 4.69) is 5.32 Å². The second-order valence-corrected chi connectivity index (χ2v) is 5.62. The normalized spacial score (nSPS) is 15.8. The number of nitrogen functional groups attached to an aromatic ring is 1. The predicted molar refractivity (Wildman–Crippen MR) is 78.7 cm³/mol. The summed E-state index contributed by atoms with van der Waals surface area (Å²) in [4.78, 5) is 23.0. The van der Waals surface area contributed by atoms with Crippen LogP contribution in [0.25, 0.3) is 10.9 Å². The van der Waals surface area contributed by atoms with E-state index in [0.717, 1.165) is 10.9 Å². The maximum absolute atomic E-state index is 12.0.